The number of hydrogen-bond donors (Lipinski definition) is 0. The highest BCUT2D eigenvalue weighted by molar-refractivity contribution is 14.1. The van der Waals surface area contributed by atoms with Gasteiger partial charge in [0.1, 0.15) is 31.8 Å². The number of rotatable bonds is 36. The lowest BCUT2D eigenvalue weighted by Crippen LogP contribution is -2.44. The van der Waals surface area contributed by atoms with Gasteiger partial charge in [-0.05, 0) is 63.6 Å². The van der Waals surface area contributed by atoms with Gasteiger partial charge >= 0.3 is 23.9 Å². The van der Waals surface area contributed by atoms with Crippen molar-refractivity contribution in [2.45, 2.75) is 175 Å². The normalized spacial score (nSPS) is 12.1. The fourth-order valence-electron chi connectivity index (χ4n) is 5.83. The minimum absolute atomic E-state index is 0.176. The average Bonchev–Trinajstić information content (AvgIpc) is 3.11. The first kappa shape index (κ1) is 49.6. The molecule has 0 saturated carbocycles. The van der Waals surface area contributed by atoms with Crippen molar-refractivity contribution in [1.82, 2.24) is 4.90 Å². The van der Waals surface area contributed by atoms with E-state index in [0.717, 1.165) is 133 Å². The van der Waals surface area contributed by atoms with E-state index in [0.29, 0.717) is 6.42 Å². The molecule has 0 N–H and O–H groups in total. The van der Waals surface area contributed by atoms with E-state index < -0.39 is 11.4 Å². The zero-order valence-electron chi connectivity index (χ0n) is 33.4. The van der Waals surface area contributed by atoms with Crippen LogP contribution in [0.1, 0.15) is 175 Å². The summed E-state index contributed by atoms with van der Waals surface area (Å²) in [5.41, 5.74) is -1.21. The van der Waals surface area contributed by atoms with Gasteiger partial charge in [-0.3, -0.25) is 19.2 Å². The highest BCUT2D eigenvalue weighted by Gasteiger charge is 2.38. The van der Waals surface area contributed by atoms with E-state index in [-0.39, 0.29) is 69.5 Å². The summed E-state index contributed by atoms with van der Waals surface area (Å²) in [5.74, 6) is -1.63. The van der Waals surface area contributed by atoms with Gasteiger partial charge in [-0.15, -0.1) is 0 Å². The highest BCUT2D eigenvalue weighted by atomic mass is 127. The van der Waals surface area contributed by atoms with Crippen LogP contribution in [0, 0.1) is 11.3 Å². The number of carbonyl (C=O) groups is 4. The smallest absolute Gasteiger partial charge is 0.308 e. The first-order valence-corrected chi connectivity index (χ1v) is 22.0. The van der Waals surface area contributed by atoms with Crippen LogP contribution in [0.5, 0.6) is 0 Å². The number of halogens is 1. The quantitative estimate of drug-likeness (QED) is 0.0200. The van der Waals surface area contributed by atoms with Gasteiger partial charge in [0.2, 0.25) is 0 Å². The topological polar surface area (TPSA) is 108 Å². The molecular formula is C41H76INO8. The molecule has 0 radical (unpaired) electrons. The van der Waals surface area contributed by atoms with Gasteiger partial charge in [0, 0.05) is 19.3 Å². The van der Waals surface area contributed by atoms with Gasteiger partial charge in [0.05, 0.1) is 5.92 Å². The Morgan fingerprint density at radius 3 is 1.31 bits per heavy atom. The first-order chi connectivity index (χ1) is 24.6. The molecule has 0 amide bonds. The molecule has 0 saturated heterocycles. The van der Waals surface area contributed by atoms with Crippen molar-refractivity contribution in [2.75, 3.05) is 51.5 Å². The molecule has 51 heavy (non-hydrogen) atoms. The Morgan fingerprint density at radius 2 is 0.882 bits per heavy atom. The molecule has 300 valence electrons. The maximum absolute atomic E-state index is 13.7. The zero-order chi connectivity index (χ0) is 38.0. The molecule has 0 spiro atoms. The average molecular weight is 838 g/mol. The monoisotopic (exact) mass is 837 g/mol. The molecule has 0 rings (SSSR count). The molecule has 9 nitrogen and oxygen atoms in total. The molecule has 0 aliphatic heterocycles. The molecule has 0 aromatic heterocycles. The SMILES string of the molecule is CCCCCCCC(=O)OCC(COC(=O)CCCCCCC)(COC(=O)CCCN(C)C)COC(=O)C(CCCCCC)CCCCCCI. The van der Waals surface area contributed by atoms with E-state index in [4.69, 9.17) is 18.9 Å². The lowest BCUT2D eigenvalue weighted by Gasteiger charge is -2.32. The van der Waals surface area contributed by atoms with E-state index in [9.17, 15) is 19.2 Å². The molecule has 0 fully saturated rings. The predicted octanol–water partition coefficient (Wildman–Crippen LogP) is 10.2. The van der Waals surface area contributed by atoms with Crippen LogP contribution in [0.25, 0.3) is 0 Å². The Labute approximate surface area is 325 Å². The number of alkyl halides is 1. The number of nitrogens with zero attached hydrogens (tertiary/aromatic N) is 1. The molecule has 0 aliphatic carbocycles. The van der Waals surface area contributed by atoms with Crippen molar-refractivity contribution >= 4 is 46.5 Å². The van der Waals surface area contributed by atoms with Crippen molar-refractivity contribution < 1.29 is 38.1 Å². The third-order valence-corrected chi connectivity index (χ3v) is 10.0. The molecule has 1 unspecified atom stereocenters. The Morgan fingerprint density at radius 1 is 0.510 bits per heavy atom. The van der Waals surface area contributed by atoms with Crippen LogP contribution in [0.3, 0.4) is 0 Å². The van der Waals surface area contributed by atoms with Gasteiger partial charge < -0.3 is 23.8 Å². The predicted molar refractivity (Wildman–Crippen MR) is 215 cm³/mol. The van der Waals surface area contributed by atoms with Crippen LogP contribution in [-0.2, 0) is 38.1 Å². The fraction of sp³-hybridized carbons (Fsp3) is 0.902. The molecule has 0 aliphatic rings. The summed E-state index contributed by atoms with van der Waals surface area (Å²) in [7, 11) is 3.89. The molecule has 0 heterocycles. The maximum atomic E-state index is 13.7. The number of ether oxygens (including phenoxy) is 4. The lowest BCUT2D eigenvalue weighted by atomic mass is 9.91. The van der Waals surface area contributed by atoms with Crippen molar-refractivity contribution in [1.29, 1.82) is 0 Å². The van der Waals surface area contributed by atoms with E-state index in [1.807, 2.05) is 19.0 Å². The second-order valence-corrected chi connectivity index (χ2v) is 15.8. The van der Waals surface area contributed by atoms with Crippen LogP contribution < -0.4 is 0 Å². The van der Waals surface area contributed by atoms with E-state index in [1.54, 1.807) is 0 Å². The van der Waals surface area contributed by atoms with Gasteiger partial charge in [0.25, 0.3) is 0 Å². The summed E-state index contributed by atoms with van der Waals surface area (Å²) >= 11 is 2.40. The third kappa shape index (κ3) is 29.7. The van der Waals surface area contributed by atoms with Crippen LogP contribution >= 0.6 is 22.6 Å². The second kappa shape index (κ2) is 34.3. The van der Waals surface area contributed by atoms with Crippen LogP contribution in [0.15, 0.2) is 0 Å². The Bertz CT molecular complexity index is 854. The third-order valence-electron chi connectivity index (χ3n) is 9.27. The highest BCUT2D eigenvalue weighted by Crippen LogP contribution is 2.26. The Kier molecular flexibility index (Phi) is 33.4. The van der Waals surface area contributed by atoms with Gasteiger partial charge in [0.15, 0.2) is 0 Å². The van der Waals surface area contributed by atoms with E-state index >= 15 is 0 Å². The molecule has 1 atom stereocenters. The maximum Gasteiger partial charge on any atom is 0.308 e. The largest absolute Gasteiger partial charge is 0.465 e. The number of hydrogen-bond acceptors (Lipinski definition) is 9. The van der Waals surface area contributed by atoms with Crippen molar-refractivity contribution in [3.63, 3.8) is 0 Å². The van der Waals surface area contributed by atoms with Crippen LogP contribution in [0.4, 0.5) is 0 Å². The number of carbonyl (C=O) groups excluding carboxylic acids is 4. The number of esters is 4. The van der Waals surface area contributed by atoms with Crippen LogP contribution in [-0.4, -0.2) is 80.3 Å². The van der Waals surface area contributed by atoms with Crippen molar-refractivity contribution in [2.24, 2.45) is 11.3 Å². The van der Waals surface area contributed by atoms with Crippen molar-refractivity contribution in [3.8, 4) is 0 Å². The van der Waals surface area contributed by atoms with Crippen molar-refractivity contribution in [3.05, 3.63) is 0 Å². The Hall–Kier alpha value is -1.43. The second-order valence-electron chi connectivity index (χ2n) is 14.8. The molecule has 0 aromatic rings. The summed E-state index contributed by atoms with van der Waals surface area (Å²) in [6.45, 7) is 6.48. The minimum Gasteiger partial charge on any atom is -0.465 e. The van der Waals surface area contributed by atoms with Crippen LogP contribution in [0.2, 0.25) is 0 Å². The van der Waals surface area contributed by atoms with E-state index in [1.165, 1.54) is 6.42 Å². The fourth-order valence-corrected chi connectivity index (χ4v) is 6.37. The molecule has 10 heteroatoms. The summed E-state index contributed by atoms with van der Waals surface area (Å²) in [6.07, 6.45) is 21.6. The lowest BCUT2D eigenvalue weighted by molar-refractivity contribution is -0.172. The summed E-state index contributed by atoms with van der Waals surface area (Å²) in [6, 6.07) is 0. The summed E-state index contributed by atoms with van der Waals surface area (Å²) in [4.78, 5) is 54.3. The van der Waals surface area contributed by atoms with E-state index in [2.05, 4.69) is 43.4 Å². The zero-order valence-corrected chi connectivity index (χ0v) is 35.5. The minimum atomic E-state index is -1.21. The first-order valence-electron chi connectivity index (χ1n) is 20.5. The molecular weight excluding hydrogens is 761 g/mol. The Balaban J connectivity index is 5.96. The van der Waals surface area contributed by atoms with Gasteiger partial charge in [-0.25, -0.2) is 0 Å². The summed E-state index contributed by atoms with van der Waals surface area (Å²) in [5, 5.41) is 0. The number of unbranched alkanes of at least 4 members (excludes halogenated alkanes) is 14. The standard InChI is InChI=1S/C41H76INO8/c1-6-9-12-15-21-27-37(44)48-32-41(34-50-39(46)29-24-31-43(4)5,33-49-38(45)28-22-16-13-10-7-2)35-51-40(47)36(25-19-14-11-8-3)26-20-17-18-23-30-42/h36H,6-35H2,1-5H3. The summed E-state index contributed by atoms with van der Waals surface area (Å²) < 4.78 is 24.5. The van der Waals surface area contributed by atoms with Gasteiger partial charge in [-0.1, -0.05) is 140 Å². The van der Waals surface area contributed by atoms with Gasteiger partial charge in [-0.2, -0.15) is 0 Å². The molecule has 0 bridgehead atoms. The molecule has 0 aromatic carbocycles.